The van der Waals surface area contributed by atoms with Crippen molar-refractivity contribution in [1.82, 2.24) is 5.32 Å². The van der Waals surface area contributed by atoms with E-state index in [1.165, 1.54) is 0 Å². The summed E-state index contributed by atoms with van der Waals surface area (Å²) in [6, 6.07) is 8.91. The maximum Gasteiger partial charge on any atom is 0.254 e. The number of ether oxygens (including phenoxy) is 1. The monoisotopic (exact) mass is 354 g/mol. The highest BCUT2D eigenvalue weighted by Crippen LogP contribution is 2.03. The first-order valence-electron chi connectivity index (χ1n) is 5.14. The highest BCUT2D eigenvalue weighted by atomic mass is 127. The molecule has 1 rings (SSSR count). The Morgan fingerprint density at radius 3 is 2.72 bits per heavy atom. The average Bonchev–Trinajstić information content (AvgIpc) is 2.38. The van der Waals surface area contributed by atoms with E-state index < -0.39 is 6.23 Å². The third-order valence-corrected chi connectivity index (χ3v) is 2.46. The van der Waals surface area contributed by atoms with Crippen LogP contribution in [-0.2, 0) is 4.74 Å². The second-order valence-electron chi connectivity index (χ2n) is 3.43. The predicted octanol–water partition coefficient (Wildman–Crippen LogP) is 1.99. The SMILES string of the molecule is Cc1ccc(C(=O)NC(C#N)OCC#CI)cc1. The number of amides is 1. The Balaban J connectivity index is 2.59. The van der Waals surface area contributed by atoms with Crippen LogP contribution in [0.1, 0.15) is 15.9 Å². The Hall–Kier alpha value is -1.57. The largest absolute Gasteiger partial charge is 0.332 e. The Labute approximate surface area is 119 Å². The Morgan fingerprint density at radius 1 is 1.50 bits per heavy atom. The number of halogens is 1. The van der Waals surface area contributed by atoms with Crippen molar-refractivity contribution in [2.75, 3.05) is 6.61 Å². The maximum atomic E-state index is 11.8. The molecule has 1 atom stereocenters. The van der Waals surface area contributed by atoms with Crippen molar-refractivity contribution in [3.63, 3.8) is 0 Å². The van der Waals surface area contributed by atoms with Crippen LogP contribution in [0, 0.1) is 28.1 Å². The number of carbonyl (C=O) groups is 1. The van der Waals surface area contributed by atoms with Gasteiger partial charge in [-0.1, -0.05) is 23.6 Å². The van der Waals surface area contributed by atoms with Gasteiger partial charge in [0.05, 0.1) is 0 Å². The lowest BCUT2D eigenvalue weighted by Gasteiger charge is -2.10. The van der Waals surface area contributed by atoms with E-state index in [1.54, 1.807) is 12.1 Å². The first-order valence-corrected chi connectivity index (χ1v) is 6.22. The standard InChI is InChI=1S/C13H11IN2O2/c1-10-3-5-11(6-4-10)13(17)16-12(9-15)18-8-2-7-14/h3-6,12H,8H2,1H3,(H,16,17). The van der Waals surface area contributed by atoms with Gasteiger partial charge in [-0.15, -0.1) is 0 Å². The van der Waals surface area contributed by atoms with Gasteiger partial charge in [-0.2, -0.15) is 5.26 Å². The number of carbonyl (C=O) groups excluding carboxylic acids is 1. The summed E-state index contributed by atoms with van der Waals surface area (Å²) in [6.45, 7) is 2.04. The van der Waals surface area contributed by atoms with E-state index in [0.29, 0.717) is 5.56 Å². The van der Waals surface area contributed by atoms with Crippen LogP contribution in [0.3, 0.4) is 0 Å². The number of benzene rings is 1. The van der Waals surface area contributed by atoms with Crippen molar-refractivity contribution in [2.45, 2.75) is 13.2 Å². The lowest BCUT2D eigenvalue weighted by Crippen LogP contribution is -2.35. The van der Waals surface area contributed by atoms with Gasteiger partial charge in [-0.25, -0.2) is 0 Å². The highest BCUT2D eigenvalue weighted by molar-refractivity contribution is 14.1. The molecule has 0 aliphatic carbocycles. The molecule has 92 valence electrons. The number of nitrogens with one attached hydrogen (secondary N) is 1. The second-order valence-corrected chi connectivity index (χ2v) is 3.97. The van der Waals surface area contributed by atoms with Crippen LogP contribution in [0.15, 0.2) is 24.3 Å². The van der Waals surface area contributed by atoms with Gasteiger partial charge in [-0.05, 0) is 23.0 Å². The van der Waals surface area contributed by atoms with Crippen LogP contribution >= 0.6 is 22.6 Å². The van der Waals surface area contributed by atoms with E-state index in [9.17, 15) is 4.79 Å². The summed E-state index contributed by atoms with van der Waals surface area (Å²) in [4.78, 5) is 11.8. The second kappa shape index (κ2) is 7.70. The van der Waals surface area contributed by atoms with Crippen molar-refractivity contribution in [3.8, 4) is 15.9 Å². The minimum absolute atomic E-state index is 0.106. The zero-order valence-electron chi connectivity index (χ0n) is 9.74. The van der Waals surface area contributed by atoms with E-state index >= 15 is 0 Å². The molecule has 0 heterocycles. The summed E-state index contributed by atoms with van der Waals surface area (Å²) >= 11 is 1.87. The summed E-state index contributed by atoms with van der Waals surface area (Å²) in [5.41, 5.74) is 1.56. The van der Waals surface area contributed by atoms with Gasteiger partial charge in [0.15, 0.2) is 0 Å². The smallest absolute Gasteiger partial charge is 0.254 e. The fraction of sp³-hybridized carbons (Fsp3) is 0.231. The fourth-order valence-electron chi connectivity index (χ4n) is 1.17. The number of aryl methyl sites for hydroxylation is 1. The molecule has 0 bridgehead atoms. The summed E-state index contributed by atoms with van der Waals surface area (Å²) in [6.07, 6.45) is -0.990. The summed E-state index contributed by atoms with van der Waals surface area (Å²) in [5.74, 6) is 2.30. The topological polar surface area (TPSA) is 62.1 Å². The molecular weight excluding hydrogens is 343 g/mol. The lowest BCUT2D eigenvalue weighted by atomic mass is 10.1. The average molecular weight is 354 g/mol. The molecule has 0 radical (unpaired) electrons. The van der Waals surface area contributed by atoms with Gasteiger partial charge in [0.2, 0.25) is 6.23 Å². The molecule has 18 heavy (non-hydrogen) atoms. The molecule has 1 aromatic carbocycles. The minimum atomic E-state index is -0.990. The number of nitrogens with zero attached hydrogens (tertiary/aromatic N) is 1. The molecule has 0 aliphatic rings. The van der Waals surface area contributed by atoms with E-state index in [-0.39, 0.29) is 12.5 Å². The van der Waals surface area contributed by atoms with Crippen LogP contribution in [0.2, 0.25) is 0 Å². The summed E-state index contributed by atoms with van der Waals surface area (Å²) in [7, 11) is 0. The molecule has 5 heteroatoms. The normalized spacial score (nSPS) is 10.7. The van der Waals surface area contributed by atoms with Crippen LogP contribution < -0.4 is 5.32 Å². The Morgan fingerprint density at radius 2 is 2.17 bits per heavy atom. The molecule has 0 spiro atoms. The molecule has 0 fully saturated rings. The third kappa shape index (κ3) is 4.74. The van der Waals surface area contributed by atoms with Crippen molar-refractivity contribution in [3.05, 3.63) is 35.4 Å². The van der Waals surface area contributed by atoms with Gasteiger partial charge < -0.3 is 10.1 Å². The van der Waals surface area contributed by atoms with Gasteiger partial charge in [0.25, 0.3) is 5.91 Å². The van der Waals surface area contributed by atoms with Crippen molar-refractivity contribution in [1.29, 1.82) is 5.26 Å². The first-order chi connectivity index (χ1) is 8.67. The maximum absolute atomic E-state index is 11.8. The fourth-order valence-corrected chi connectivity index (χ4v) is 1.33. The Kier molecular flexibility index (Phi) is 6.20. The predicted molar refractivity (Wildman–Crippen MR) is 75.8 cm³/mol. The van der Waals surface area contributed by atoms with Crippen molar-refractivity contribution >= 4 is 28.5 Å². The molecule has 1 N–H and O–H groups in total. The summed E-state index contributed by atoms with van der Waals surface area (Å²) < 4.78 is 7.69. The van der Waals surface area contributed by atoms with Crippen molar-refractivity contribution < 1.29 is 9.53 Å². The van der Waals surface area contributed by atoms with Gasteiger partial charge in [0, 0.05) is 28.2 Å². The molecule has 4 nitrogen and oxygen atoms in total. The third-order valence-electron chi connectivity index (χ3n) is 2.08. The Bertz CT molecular complexity index is 509. The molecule has 0 saturated carbocycles. The molecule has 1 unspecified atom stereocenters. The highest BCUT2D eigenvalue weighted by Gasteiger charge is 2.12. The van der Waals surface area contributed by atoms with Crippen molar-refractivity contribution in [2.24, 2.45) is 0 Å². The number of hydrogen-bond acceptors (Lipinski definition) is 3. The van der Waals surface area contributed by atoms with E-state index in [2.05, 4.69) is 15.2 Å². The molecular formula is C13H11IN2O2. The zero-order valence-corrected chi connectivity index (χ0v) is 11.9. The quantitative estimate of drug-likeness (QED) is 0.511. The molecule has 0 aliphatic heterocycles. The molecule has 1 aromatic rings. The van der Waals surface area contributed by atoms with Gasteiger partial charge in [-0.3, -0.25) is 4.79 Å². The zero-order chi connectivity index (χ0) is 13.4. The van der Waals surface area contributed by atoms with E-state index in [0.717, 1.165) is 5.56 Å². The van der Waals surface area contributed by atoms with E-state index in [1.807, 2.05) is 47.7 Å². The van der Waals surface area contributed by atoms with Gasteiger partial charge in [0.1, 0.15) is 12.7 Å². The number of hydrogen-bond donors (Lipinski definition) is 1. The minimum Gasteiger partial charge on any atom is -0.332 e. The first kappa shape index (κ1) is 14.5. The van der Waals surface area contributed by atoms with E-state index in [4.69, 9.17) is 10.00 Å². The van der Waals surface area contributed by atoms with Crippen LogP contribution in [0.5, 0.6) is 0 Å². The molecule has 0 aromatic heterocycles. The lowest BCUT2D eigenvalue weighted by molar-refractivity contribution is 0.0685. The van der Waals surface area contributed by atoms with Crippen LogP contribution in [-0.4, -0.2) is 18.7 Å². The molecule has 0 saturated heterocycles. The van der Waals surface area contributed by atoms with Crippen LogP contribution in [0.25, 0.3) is 0 Å². The number of nitriles is 1. The number of rotatable bonds is 4. The van der Waals surface area contributed by atoms with Crippen LogP contribution in [0.4, 0.5) is 0 Å². The molecule has 1 amide bonds. The van der Waals surface area contributed by atoms with Gasteiger partial charge >= 0.3 is 0 Å². The summed E-state index contributed by atoms with van der Waals surface area (Å²) in [5, 5.41) is 11.3.